The molecule has 0 N–H and O–H groups in total. The largest absolute Gasteiger partial charge is 0.308 e. The molecule has 0 unspecified atom stereocenters. The van der Waals surface area contributed by atoms with Crippen molar-refractivity contribution >= 4 is 37.7 Å². The average Bonchev–Trinajstić information content (AvgIpc) is 3.20. The van der Waals surface area contributed by atoms with E-state index in [2.05, 4.69) is 142 Å². The van der Waals surface area contributed by atoms with E-state index in [9.17, 15) is 0 Å². The molecule has 1 aromatic heterocycles. The topological polar surface area (TPSA) is 4.93 Å². The van der Waals surface area contributed by atoms with Gasteiger partial charge in [0, 0.05) is 32.1 Å². The Bertz CT molecular complexity index is 1450. The molecule has 6 rings (SSSR count). The molecule has 0 aliphatic heterocycles. The number of rotatable bonds is 3. The van der Waals surface area contributed by atoms with Gasteiger partial charge in [0.2, 0.25) is 0 Å². The van der Waals surface area contributed by atoms with Crippen LogP contribution in [-0.4, -0.2) is 4.57 Å². The predicted octanol–water partition coefficient (Wildman–Crippen LogP) is 8.88. The minimum atomic E-state index is 1.08. The lowest BCUT2D eigenvalue weighted by Crippen LogP contribution is -1.97. The van der Waals surface area contributed by atoms with Crippen LogP contribution in [0.15, 0.2) is 126 Å². The number of para-hydroxylation sites is 2. The van der Waals surface area contributed by atoms with E-state index in [0.717, 1.165) is 10.2 Å². The molecule has 0 saturated heterocycles. The molecule has 1 heterocycles. The van der Waals surface area contributed by atoms with Gasteiger partial charge in [0.05, 0.1) is 11.0 Å². The highest BCUT2D eigenvalue weighted by Crippen LogP contribution is 2.41. The van der Waals surface area contributed by atoms with Crippen LogP contribution in [0.1, 0.15) is 0 Å². The van der Waals surface area contributed by atoms with Gasteiger partial charge >= 0.3 is 0 Å². The summed E-state index contributed by atoms with van der Waals surface area (Å²) in [5.41, 5.74) is 8.54. The van der Waals surface area contributed by atoms with Crippen LogP contribution in [0, 0.1) is 0 Å². The SMILES string of the molecule is Brc1ccc(-n2c3c(-c4ccccc4)cccc3c3cccc(-c4ccccc4)c32)cc1. The maximum Gasteiger partial charge on any atom is 0.0619 e. The summed E-state index contributed by atoms with van der Waals surface area (Å²) in [6, 6.07) is 43.2. The molecule has 5 aromatic carbocycles. The quantitative estimate of drug-likeness (QED) is 0.241. The highest BCUT2D eigenvalue weighted by atomic mass is 79.9. The van der Waals surface area contributed by atoms with E-state index >= 15 is 0 Å². The third-order valence-corrected chi connectivity index (χ3v) is 6.59. The number of hydrogen-bond donors (Lipinski definition) is 0. The second kappa shape index (κ2) is 7.81. The molecule has 1 nitrogen and oxygen atoms in total. The van der Waals surface area contributed by atoms with E-state index in [1.165, 1.54) is 44.1 Å². The Balaban J connectivity index is 1.82. The number of hydrogen-bond acceptors (Lipinski definition) is 0. The lowest BCUT2D eigenvalue weighted by atomic mass is 10.0. The first-order valence-corrected chi connectivity index (χ1v) is 11.5. The number of fused-ring (bicyclic) bond motifs is 3. The fourth-order valence-electron chi connectivity index (χ4n) is 4.66. The first kappa shape index (κ1) is 19.1. The second-order valence-corrected chi connectivity index (χ2v) is 8.86. The van der Waals surface area contributed by atoms with Gasteiger partial charge in [0.25, 0.3) is 0 Å². The van der Waals surface area contributed by atoms with Crippen molar-refractivity contribution < 1.29 is 0 Å². The zero-order chi connectivity index (χ0) is 21.5. The second-order valence-electron chi connectivity index (χ2n) is 7.95. The van der Waals surface area contributed by atoms with Crippen molar-refractivity contribution in [3.05, 3.63) is 126 Å². The first-order valence-electron chi connectivity index (χ1n) is 10.7. The third kappa shape index (κ3) is 3.07. The van der Waals surface area contributed by atoms with Crippen molar-refractivity contribution in [1.29, 1.82) is 0 Å². The predicted molar refractivity (Wildman–Crippen MR) is 139 cm³/mol. The Labute approximate surface area is 195 Å². The molecule has 0 saturated carbocycles. The molecule has 32 heavy (non-hydrogen) atoms. The lowest BCUT2D eigenvalue weighted by Gasteiger charge is -2.14. The molecule has 2 heteroatoms. The van der Waals surface area contributed by atoms with Crippen molar-refractivity contribution in [3.63, 3.8) is 0 Å². The summed E-state index contributed by atoms with van der Waals surface area (Å²) in [7, 11) is 0. The molecule has 0 aliphatic rings. The van der Waals surface area contributed by atoms with Crippen LogP contribution in [0.4, 0.5) is 0 Å². The van der Waals surface area contributed by atoms with Crippen LogP contribution >= 0.6 is 15.9 Å². The Morgan fingerprint density at radius 1 is 0.438 bits per heavy atom. The van der Waals surface area contributed by atoms with Crippen LogP contribution in [0.3, 0.4) is 0 Å². The standard InChI is InChI=1S/C30H20BrN/c31-23-17-19-24(20-18-23)32-29-25(21-9-3-1-4-10-21)13-7-15-27(29)28-16-8-14-26(30(28)32)22-11-5-2-6-12-22/h1-20H. The maximum absolute atomic E-state index is 3.60. The molecule has 0 aliphatic carbocycles. The average molecular weight is 474 g/mol. The van der Waals surface area contributed by atoms with Gasteiger partial charge in [-0.15, -0.1) is 0 Å². The third-order valence-electron chi connectivity index (χ3n) is 6.06. The van der Waals surface area contributed by atoms with Crippen LogP contribution in [-0.2, 0) is 0 Å². The number of halogens is 1. The lowest BCUT2D eigenvalue weighted by molar-refractivity contribution is 1.18. The smallest absolute Gasteiger partial charge is 0.0619 e. The van der Waals surface area contributed by atoms with Crippen LogP contribution < -0.4 is 0 Å². The molecule has 0 radical (unpaired) electrons. The van der Waals surface area contributed by atoms with Crippen molar-refractivity contribution in [2.75, 3.05) is 0 Å². The molecule has 6 aromatic rings. The Morgan fingerprint density at radius 3 is 1.38 bits per heavy atom. The molecule has 152 valence electrons. The van der Waals surface area contributed by atoms with E-state index in [0.29, 0.717) is 0 Å². The van der Waals surface area contributed by atoms with E-state index in [1.54, 1.807) is 0 Å². The van der Waals surface area contributed by atoms with Gasteiger partial charge < -0.3 is 4.57 Å². The zero-order valence-electron chi connectivity index (χ0n) is 17.4. The summed E-state index contributed by atoms with van der Waals surface area (Å²) in [5.74, 6) is 0. The summed E-state index contributed by atoms with van der Waals surface area (Å²) >= 11 is 3.60. The van der Waals surface area contributed by atoms with Gasteiger partial charge in [-0.2, -0.15) is 0 Å². The zero-order valence-corrected chi connectivity index (χ0v) is 19.0. The number of aromatic nitrogens is 1. The summed E-state index contributed by atoms with van der Waals surface area (Å²) in [6.45, 7) is 0. The van der Waals surface area contributed by atoms with Gasteiger partial charge in [0.1, 0.15) is 0 Å². The van der Waals surface area contributed by atoms with Crippen molar-refractivity contribution in [1.82, 2.24) is 4.57 Å². The van der Waals surface area contributed by atoms with Gasteiger partial charge in [-0.05, 0) is 35.4 Å². The van der Waals surface area contributed by atoms with E-state index in [-0.39, 0.29) is 0 Å². The minimum Gasteiger partial charge on any atom is -0.308 e. The molecule has 0 atom stereocenters. The summed E-state index contributed by atoms with van der Waals surface area (Å²) in [4.78, 5) is 0. The van der Waals surface area contributed by atoms with Gasteiger partial charge in [-0.3, -0.25) is 0 Å². The summed E-state index contributed by atoms with van der Waals surface area (Å²) in [6.07, 6.45) is 0. The highest BCUT2D eigenvalue weighted by molar-refractivity contribution is 9.10. The Kier molecular flexibility index (Phi) is 4.66. The van der Waals surface area contributed by atoms with E-state index in [1.807, 2.05) is 0 Å². The van der Waals surface area contributed by atoms with Gasteiger partial charge in [-0.1, -0.05) is 113 Å². The molecule has 0 amide bonds. The Hall–Kier alpha value is -3.62. The summed E-state index contributed by atoms with van der Waals surface area (Å²) in [5, 5.41) is 2.53. The molecule has 0 bridgehead atoms. The number of nitrogens with zero attached hydrogens (tertiary/aromatic N) is 1. The van der Waals surface area contributed by atoms with Crippen LogP contribution in [0.25, 0.3) is 49.7 Å². The van der Waals surface area contributed by atoms with E-state index in [4.69, 9.17) is 0 Å². The summed E-state index contributed by atoms with van der Waals surface area (Å²) < 4.78 is 3.51. The molecular weight excluding hydrogens is 454 g/mol. The highest BCUT2D eigenvalue weighted by Gasteiger charge is 2.19. The normalized spacial score (nSPS) is 11.3. The fraction of sp³-hybridized carbons (Fsp3) is 0. The minimum absolute atomic E-state index is 1.08. The number of benzene rings is 5. The monoisotopic (exact) mass is 473 g/mol. The van der Waals surface area contributed by atoms with Crippen molar-refractivity contribution in [2.45, 2.75) is 0 Å². The fourth-order valence-corrected chi connectivity index (χ4v) is 4.93. The van der Waals surface area contributed by atoms with E-state index < -0.39 is 0 Å². The van der Waals surface area contributed by atoms with Crippen LogP contribution in [0.2, 0.25) is 0 Å². The van der Waals surface area contributed by atoms with Gasteiger partial charge in [0.15, 0.2) is 0 Å². The van der Waals surface area contributed by atoms with Gasteiger partial charge in [-0.25, -0.2) is 0 Å². The molecule has 0 fully saturated rings. The maximum atomic E-state index is 3.60. The first-order chi connectivity index (χ1) is 15.8. The molecule has 0 spiro atoms. The van der Waals surface area contributed by atoms with Crippen molar-refractivity contribution in [3.8, 4) is 27.9 Å². The molecular formula is C30H20BrN. The van der Waals surface area contributed by atoms with Crippen molar-refractivity contribution in [2.24, 2.45) is 0 Å². The van der Waals surface area contributed by atoms with Crippen LogP contribution in [0.5, 0.6) is 0 Å². The Morgan fingerprint density at radius 2 is 0.906 bits per heavy atom.